The summed E-state index contributed by atoms with van der Waals surface area (Å²) in [7, 11) is 0. The molecule has 0 bridgehead atoms. The van der Waals surface area contributed by atoms with Gasteiger partial charge in [-0.3, -0.25) is 0 Å². The number of hydrogen-bond donors (Lipinski definition) is 2. The monoisotopic (exact) mass is 486 g/mol. The van der Waals surface area contributed by atoms with Crippen molar-refractivity contribution in [3.63, 3.8) is 0 Å². The van der Waals surface area contributed by atoms with E-state index in [9.17, 15) is 23.4 Å². The third-order valence-electron chi connectivity index (χ3n) is 12.2. The lowest BCUT2D eigenvalue weighted by atomic mass is 9.45. The zero-order valence-electron chi connectivity index (χ0n) is 22.2. The Kier molecular flexibility index (Phi) is 7.02. The summed E-state index contributed by atoms with van der Waals surface area (Å²) in [6.45, 7) is 10.2. The van der Waals surface area contributed by atoms with E-state index in [-0.39, 0.29) is 17.8 Å². The molecule has 4 aliphatic carbocycles. The highest BCUT2D eigenvalue weighted by molar-refractivity contribution is 5.10. The number of rotatable bonds is 5. The van der Waals surface area contributed by atoms with Crippen molar-refractivity contribution in [2.24, 2.45) is 46.3 Å². The number of fused-ring (bicyclic) bond motifs is 5. The first-order valence-electron chi connectivity index (χ1n) is 14.2. The topological polar surface area (TPSA) is 40.5 Å². The molecular weight excluding hydrogens is 437 g/mol. The van der Waals surface area contributed by atoms with Crippen molar-refractivity contribution >= 4 is 0 Å². The first-order chi connectivity index (χ1) is 15.7. The largest absolute Gasteiger partial charge is 0.416 e. The van der Waals surface area contributed by atoms with E-state index in [2.05, 4.69) is 27.7 Å². The van der Waals surface area contributed by atoms with Crippen LogP contribution in [0.2, 0.25) is 0 Å². The Balaban J connectivity index is 1.48. The van der Waals surface area contributed by atoms with E-state index >= 15 is 0 Å². The van der Waals surface area contributed by atoms with Gasteiger partial charge in [-0.25, -0.2) is 0 Å². The lowest BCUT2D eigenvalue weighted by Gasteiger charge is -2.59. The highest BCUT2D eigenvalue weighted by atomic mass is 19.4. The van der Waals surface area contributed by atoms with E-state index in [1.165, 1.54) is 38.5 Å². The molecule has 4 saturated carbocycles. The zero-order valence-corrected chi connectivity index (χ0v) is 22.2. The van der Waals surface area contributed by atoms with Gasteiger partial charge < -0.3 is 10.2 Å². The van der Waals surface area contributed by atoms with Crippen molar-refractivity contribution in [3.05, 3.63) is 0 Å². The van der Waals surface area contributed by atoms with Crippen molar-refractivity contribution in [1.82, 2.24) is 0 Å². The summed E-state index contributed by atoms with van der Waals surface area (Å²) in [6, 6.07) is 0. The van der Waals surface area contributed by atoms with Crippen LogP contribution in [0.5, 0.6) is 0 Å². The molecule has 0 aromatic carbocycles. The Morgan fingerprint density at radius 3 is 2.26 bits per heavy atom. The van der Waals surface area contributed by atoms with Crippen LogP contribution in [0.1, 0.15) is 118 Å². The quantitative estimate of drug-likeness (QED) is 0.414. The molecular formula is C29H49F3O2. The zero-order chi connectivity index (χ0) is 25.2. The van der Waals surface area contributed by atoms with Crippen LogP contribution in [0.4, 0.5) is 13.2 Å². The van der Waals surface area contributed by atoms with Crippen LogP contribution in [0.15, 0.2) is 0 Å². The highest BCUT2D eigenvalue weighted by Gasteiger charge is 2.61. The van der Waals surface area contributed by atoms with Gasteiger partial charge in [0.1, 0.15) is 0 Å². The Morgan fingerprint density at radius 1 is 0.941 bits per heavy atom. The van der Waals surface area contributed by atoms with E-state index in [4.69, 9.17) is 0 Å². The van der Waals surface area contributed by atoms with E-state index in [1.807, 2.05) is 0 Å². The van der Waals surface area contributed by atoms with Gasteiger partial charge in [0.2, 0.25) is 0 Å². The van der Waals surface area contributed by atoms with Crippen LogP contribution < -0.4 is 0 Å². The van der Waals surface area contributed by atoms with E-state index in [1.54, 1.807) is 0 Å². The van der Waals surface area contributed by atoms with Crippen molar-refractivity contribution in [2.45, 2.75) is 135 Å². The molecule has 0 aromatic rings. The predicted molar refractivity (Wildman–Crippen MR) is 130 cm³/mol. The summed E-state index contributed by atoms with van der Waals surface area (Å²) in [5.41, 5.74) is -2.55. The van der Waals surface area contributed by atoms with Gasteiger partial charge in [-0.2, -0.15) is 13.2 Å². The van der Waals surface area contributed by atoms with Crippen LogP contribution in [0.3, 0.4) is 0 Å². The van der Waals surface area contributed by atoms with Crippen LogP contribution in [0.25, 0.3) is 0 Å². The van der Waals surface area contributed by atoms with E-state index < -0.39 is 17.4 Å². The number of alkyl halides is 3. The molecule has 0 aromatic heterocycles. The molecule has 0 saturated heterocycles. The minimum atomic E-state index is -4.57. The fraction of sp³-hybridized carbons (Fsp3) is 1.00. The molecule has 0 unspecified atom stereocenters. The summed E-state index contributed by atoms with van der Waals surface area (Å²) in [5.74, 6) is 3.39. The Labute approximate surface area is 205 Å². The van der Waals surface area contributed by atoms with Crippen molar-refractivity contribution in [1.29, 1.82) is 0 Å². The molecule has 4 rings (SSSR count). The molecule has 2 nitrogen and oxygen atoms in total. The summed E-state index contributed by atoms with van der Waals surface area (Å²) in [4.78, 5) is 0. The molecule has 0 spiro atoms. The normalized spacial score (nSPS) is 47.6. The SMILES string of the molecule is CC[C@@]1(O)CCC[C@@]2(C)[C@@H](CC[C@@H]3[C@@H]2CC[C@]2(C)[C@@H]([C@H](C)CC[C@](C)(O)C(F)(F)F)CC[C@@H]32)C1. The second-order valence-corrected chi connectivity index (χ2v) is 13.8. The van der Waals surface area contributed by atoms with Gasteiger partial charge in [0.05, 0.1) is 5.60 Å². The summed E-state index contributed by atoms with van der Waals surface area (Å²) in [6.07, 6.45) is 8.01. The van der Waals surface area contributed by atoms with Gasteiger partial charge in [0, 0.05) is 0 Å². The van der Waals surface area contributed by atoms with Crippen LogP contribution in [0, 0.1) is 46.3 Å². The minimum absolute atomic E-state index is 0.199. The molecule has 2 N–H and O–H groups in total. The Bertz CT molecular complexity index is 735. The molecule has 4 aliphatic rings. The highest BCUT2D eigenvalue weighted by Crippen LogP contribution is 2.68. The molecule has 4 fully saturated rings. The van der Waals surface area contributed by atoms with Gasteiger partial charge in [-0.15, -0.1) is 0 Å². The lowest BCUT2D eigenvalue weighted by molar-refractivity contribution is -0.256. The molecule has 0 heterocycles. The third-order valence-corrected chi connectivity index (χ3v) is 12.2. The summed E-state index contributed by atoms with van der Waals surface area (Å²) >= 11 is 0. The van der Waals surface area contributed by atoms with Gasteiger partial charge in [0.25, 0.3) is 0 Å². The first-order valence-corrected chi connectivity index (χ1v) is 14.2. The molecule has 10 atom stereocenters. The standard InChI is InChI=1S/C29H49F3O2/c1-6-28(34)15-7-14-25(3)20(18-28)8-9-21-23-11-10-22(26(23,4)16-13-24(21)25)19(2)12-17-27(5,33)29(30,31)32/h19-24,33-34H,6-18H2,1-5H3/t19-,20+,21+,22-,23+,24+,25+,26-,27+,28-/m1/s1. The second kappa shape index (κ2) is 8.92. The maximum atomic E-state index is 13.2. The predicted octanol–water partition coefficient (Wildman–Crippen LogP) is 7.91. The van der Waals surface area contributed by atoms with E-state index in [0.29, 0.717) is 29.6 Å². The fourth-order valence-corrected chi connectivity index (χ4v) is 9.77. The molecule has 5 heteroatoms. The number of hydrogen-bond acceptors (Lipinski definition) is 2. The molecule has 198 valence electrons. The van der Waals surface area contributed by atoms with Crippen molar-refractivity contribution in [3.8, 4) is 0 Å². The second-order valence-electron chi connectivity index (χ2n) is 13.8. The fourth-order valence-electron chi connectivity index (χ4n) is 9.77. The smallest absolute Gasteiger partial charge is 0.390 e. The van der Waals surface area contributed by atoms with Crippen LogP contribution in [-0.2, 0) is 0 Å². The van der Waals surface area contributed by atoms with Crippen LogP contribution >= 0.6 is 0 Å². The number of aliphatic hydroxyl groups is 2. The molecule has 0 aliphatic heterocycles. The summed E-state index contributed by atoms with van der Waals surface area (Å²) in [5, 5.41) is 21.1. The molecule has 0 radical (unpaired) electrons. The lowest BCUT2D eigenvalue weighted by Crippen LogP contribution is -2.52. The van der Waals surface area contributed by atoms with Crippen molar-refractivity contribution in [2.75, 3.05) is 0 Å². The molecule has 34 heavy (non-hydrogen) atoms. The molecule has 0 amide bonds. The Hall–Kier alpha value is -0.290. The third kappa shape index (κ3) is 4.37. The summed E-state index contributed by atoms with van der Waals surface area (Å²) < 4.78 is 39.6. The van der Waals surface area contributed by atoms with Crippen molar-refractivity contribution < 1.29 is 23.4 Å². The van der Waals surface area contributed by atoms with Gasteiger partial charge in [-0.05, 0) is 130 Å². The van der Waals surface area contributed by atoms with E-state index in [0.717, 1.165) is 50.9 Å². The maximum Gasteiger partial charge on any atom is 0.416 e. The number of halogens is 3. The average Bonchev–Trinajstić information content (AvgIpc) is 3.03. The van der Waals surface area contributed by atoms with Gasteiger partial charge in [-0.1, -0.05) is 34.1 Å². The van der Waals surface area contributed by atoms with Gasteiger partial charge in [0.15, 0.2) is 5.60 Å². The minimum Gasteiger partial charge on any atom is -0.390 e. The maximum absolute atomic E-state index is 13.2. The van der Waals surface area contributed by atoms with Gasteiger partial charge >= 0.3 is 6.18 Å². The Morgan fingerprint density at radius 2 is 1.62 bits per heavy atom. The average molecular weight is 487 g/mol. The first kappa shape index (κ1) is 26.8. The van der Waals surface area contributed by atoms with Crippen LogP contribution in [-0.4, -0.2) is 27.6 Å².